The molecule has 7 heteroatoms. The van der Waals surface area contributed by atoms with E-state index in [9.17, 15) is 14.4 Å². The average Bonchev–Trinajstić information content (AvgIpc) is 3.22. The molecular formula is C21H17N3O4. The van der Waals surface area contributed by atoms with Gasteiger partial charge in [-0.2, -0.15) is 5.10 Å². The standard InChI is InChI=1S/C21H17N3O4/c25-19(15-6-8-16-14(10-15)7-9-20(26)22-16)12-28-21(27)18-11-17(23-24-18)13-4-2-1-3-5-13/h1-6,8,10-11H,7,9,12H2,(H,22,26)(H,23,24). The van der Waals surface area contributed by atoms with Crippen LogP contribution in [0.2, 0.25) is 0 Å². The molecule has 0 radical (unpaired) electrons. The van der Waals surface area contributed by atoms with E-state index in [1.807, 2.05) is 30.3 Å². The lowest BCUT2D eigenvalue weighted by molar-refractivity contribution is -0.116. The predicted octanol–water partition coefficient (Wildman–Crippen LogP) is 3.00. The van der Waals surface area contributed by atoms with Crippen molar-refractivity contribution in [3.8, 4) is 11.3 Å². The molecular weight excluding hydrogens is 358 g/mol. The number of aromatic nitrogens is 2. The lowest BCUT2D eigenvalue weighted by Gasteiger charge is -2.17. The van der Waals surface area contributed by atoms with Gasteiger partial charge in [0.25, 0.3) is 0 Å². The van der Waals surface area contributed by atoms with E-state index < -0.39 is 5.97 Å². The molecule has 0 fully saturated rings. The fourth-order valence-corrected chi connectivity index (χ4v) is 3.03. The molecule has 0 bridgehead atoms. The SMILES string of the molecule is O=C1CCc2cc(C(=O)COC(=O)c3cc(-c4ccccc4)n[nH]3)ccc2N1. The minimum atomic E-state index is -0.645. The summed E-state index contributed by atoms with van der Waals surface area (Å²) < 4.78 is 5.13. The van der Waals surface area contributed by atoms with Crippen molar-refractivity contribution in [3.05, 3.63) is 71.4 Å². The van der Waals surface area contributed by atoms with Crippen LogP contribution < -0.4 is 5.32 Å². The topological polar surface area (TPSA) is 101 Å². The van der Waals surface area contributed by atoms with Crippen molar-refractivity contribution in [1.29, 1.82) is 0 Å². The zero-order valence-electron chi connectivity index (χ0n) is 14.9. The fraction of sp³-hybridized carbons (Fsp3) is 0.143. The second kappa shape index (κ2) is 7.48. The average molecular weight is 375 g/mol. The van der Waals surface area contributed by atoms with Crippen LogP contribution in [0.3, 0.4) is 0 Å². The van der Waals surface area contributed by atoms with Gasteiger partial charge < -0.3 is 10.1 Å². The first-order valence-corrected chi connectivity index (χ1v) is 8.84. The number of rotatable bonds is 5. The number of ether oxygens (including phenoxy) is 1. The highest BCUT2D eigenvalue weighted by molar-refractivity contribution is 6.01. The molecule has 0 spiro atoms. The number of nitrogens with one attached hydrogen (secondary N) is 2. The second-order valence-electron chi connectivity index (χ2n) is 6.45. The Hall–Kier alpha value is -3.74. The molecule has 2 heterocycles. The number of nitrogens with zero attached hydrogens (tertiary/aromatic N) is 1. The Morgan fingerprint density at radius 3 is 2.68 bits per heavy atom. The molecule has 2 aromatic carbocycles. The van der Waals surface area contributed by atoms with Crippen LogP contribution in [0, 0.1) is 0 Å². The fourth-order valence-electron chi connectivity index (χ4n) is 3.03. The summed E-state index contributed by atoms with van der Waals surface area (Å²) in [6, 6.07) is 16.0. The van der Waals surface area contributed by atoms with Crippen molar-refractivity contribution in [1.82, 2.24) is 10.2 Å². The summed E-state index contributed by atoms with van der Waals surface area (Å²) in [5, 5.41) is 9.51. The molecule has 7 nitrogen and oxygen atoms in total. The number of benzene rings is 2. The van der Waals surface area contributed by atoms with Crippen LogP contribution in [0.5, 0.6) is 0 Å². The number of H-pyrrole nitrogens is 1. The number of fused-ring (bicyclic) bond motifs is 1. The number of aryl methyl sites for hydroxylation is 1. The third-order valence-corrected chi connectivity index (χ3v) is 4.52. The van der Waals surface area contributed by atoms with Crippen LogP contribution in [0.4, 0.5) is 5.69 Å². The summed E-state index contributed by atoms with van der Waals surface area (Å²) in [7, 11) is 0. The van der Waals surface area contributed by atoms with Gasteiger partial charge in [0.2, 0.25) is 5.91 Å². The van der Waals surface area contributed by atoms with E-state index in [4.69, 9.17) is 4.74 Å². The van der Waals surface area contributed by atoms with E-state index in [2.05, 4.69) is 15.5 Å². The molecule has 0 saturated carbocycles. The Labute approximate surface area is 160 Å². The van der Waals surface area contributed by atoms with Crippen LogP contribution in [-0.4, -0.2) is 34.5 Å². The molecule has 1 aromatic heterocycles. The lowest BCUT2D eigenvalue weighted by atomic mass is 9.99. The highest BCUT2D eigenvalue weighted by atomic mass is 16.5. The van der Waals surface area contributed by atoms with Crippen molar-refractivity contribution in [2.24, 2.45) is 0 Å². The third kappa shape index (κ3) is 3.68. The molecule has 0 atom stereocenters. The van der Waals surface area contributed by atoms with E-state index in [0.29, 0.717) is 24.1 Å². The Balaban J connectivity index is 1.39. The van der Waals surface area contributed by atoms with Crippen molar-refractivity contribution in [3.63, 3.8) is 0 Å². The van der Waals surface area contributed by atoms with Gasteiger partial charge in [0, 0.05) is 23.2 Å². The minimum absolute atomic E-state index is 0.0325. The summed E-state index contributed by atoms with van der Waals surface area (Å²) in [5.41, 5.74) is 3.73. The molecule has 0 saturated heterocycles. The Kier molecular flexibility index (Phi) is 4.72. The monoisotopic (exact) mass is 375 g/mol. The summed E-state index contributed by atoms with van der Waals surface area (Å²) in [6.07, 6.45) is 0.974. The summed E-state index contributed by atoms with van der Waals surface area (Å²) in [4.78, 5) is 36.0. The van der Waals surface area contributed by atoms with Crippen molar-refractivity contribution in [2.45, 2.75) is 12.8 Å². The van der Waals surface area contributed by atoms with Crippen LogP contribution in [0.25, 0.3) is 11.3 Å². The van der Waals surface area contributed by atoms with Crippen molar-refractivity contribution < 1.29 is 19.1 Å². The van der Waals surface area contributed by atoms with Crippen molar-refractivity contribution in [2.75, 3.05) is 11.9 Å². The number of hydrogen-bond donors (Lipinski definition) is 2. The minimum Gasteiger partial charge on any atom is -0.453 e. The van der Waals surface area contributed by atoms with Gasteiger partial charge in [0.15, 0.2) is 12.4 Å². The molecule has 0 unspecified atom stereocenters. The zero-order chi connectivity index (χ0) is 19.5. The molecule has 140 valence electrons. The van der Waals surface area contributed by atoms with Gasteiger partial charge in [-0.3, -0.25) is 14.7 Å². The van der Waals surface area contributed by atoms with E-state index in [0.717, 1.165) is 16.8 Å². The Morgan fingerprint density at radius 2 is 1.86 bits per heavy atom. The molecule has 4 rings (SSSR count). The predicted molar refractivity (Wildman–Crippen MR) is 102 cm³/mol. The smallest absolute Gasteiger partial charge is 0.356 e. The molecule has 1 aliphatic heterocycles. The number of aromatic amines is 1. The molecule has 0 aliphatic carbocycles. The van der Waals surface area contributed by atoms with Gasteiger partial charge in [0.05, 0.1) is 5.69 Å². The van der Waals surface area contributed by atoms with Crippen LogP contribution in [-0.2, 0) is 16.0 Å². The van der Waals surface area contributed by atoms with Gasteiger partial charge in [-0.15, -0.1) is 0 Å². The number of hydrogen-bond acceptors (Lipinski definition) is 5. The molecule has 3 aromatic rings. The number of ketones is 1. The molecule has 1 aliphatic rings. The lowest BCUT2D eigenvalue weighted by Crippen LogP contribution is -2.20. The number of esters is 1. The maximum absolute atomic E-state index is 12.4. The van der Waals surface area contributed by atoms with E-state index in [-0.39, 0.29) is 24.0 Å². The number of amides is 1. The summed E-state index contributed by atoms with van der Waals surface area (Å²) in [6.45, 7) is -0.371. The largest absolute Gasteiger partial charge is 0.453 e. The van der Waals surface area contributed by atoms with E-state index in [1.54, 1.807) is 24.3 Å². The highest BCUT2D eigenvalue weighted by Crippen LogP contribution is 2.24. The maximum Gasteiger partial charge on any atom is 0.356 e. The second-order valence-corrected chi connectivity index (χ2v) is 6.45. The molecule has 2 N–H and O–H groups in total. The van der Waals surface area contributed by atoms with E-state index in [1.165, 1.54) is 0 Å². The van der Waals surface area contributed by atoms with Gasteiger partial charge in [-0.05, 0) is 36.2 Å². The molecule has 28 heavy (non-hydrogen) atoms. The summed E-state index contributed by atoms with van der Waals surface area (Å²) in [5.74, 6) is -0.987. The summed E-state index contributed by atoms with van der Waals surface area (Å²) >= 11 is 0. The Morgan fingerprint density at radius 1 is 1.04 bits per heavy atom. The first-order valence-electron chi connectivity index (χ1n) is 8.84. The Bertz CT molecular complexity index is 1060. The number of anilines is 1. The molecule has 1 amide bonds. The van der Waals surface area contributed by atoms with Crippen LogP contribution >= 0.6 is 0 Å². The first-order chi connectivity index (χ1) is 13.6. The number of Topliss-reactive ketones (excluding diaryl/α,β-unsaturated/α-hetero) is 1. The van der Waals surface area contributed by atoms with Crippen LogP contribution in [0.15, 0.2) is 54.6 Å². The van der Waals surface area contributed by atoms with Gasteiger partial charge >= 0.3 is 5.97 Å². The van der Waals surface area contributed by atoms with Gasteiger partial charge in [-0.1, -0.05) is 30.3 Å². The van der Waals surface area contributed by atoms with E-state index >= 15 is 0 Å². The zero-order valence-corrected chi connectivity index (χ0v) is 14.9. The van der Waals surface area contributed by atoms with Gasteiger partial charge in [-0.25, -0.2) is 4.79 Å². The maximum atomic E-state index is 12.4. The van der Waals surface area contributed by atoms with Crippen molar-refractivity contribution >= 4 is 23.3 Å². The van der Waals surface area contributed by atoms with Crippen LogP contribution in [0.1, 0.15) is 32.8 Å². The number of carbonyl (C=O) groups excluding carboxylic acids is 3. The number of carbonyl (C=O) groups is 3. The normalized spacial score (nSPS) is 12.8. The third-order valence-electron chi connectivity index (χ3n) is 4.52. The highest BCUT2D eigenvalue weighted by Gasteiger charge is 2.18. The van der Waals surface area contributed by atoms with Gasteiger partial charge in [0.1, 0.15) is 5.69 Å². The first kappa shape index (κ1) is 17.7. The quantitative estimate of drug-likeness (QED) is 0.527.